The lowest BCUT2D eigenvalue weighted by Crippen LogP contribution is -2.44. The standard InChI is InChI=1S/C22H29FN4O2S/c1-14-18(30-20(25-14)22(2,3)4)19(28)27-10-6-7-15(13-27)12-24-21(29)26-17-9-5-8-16(23)11-17/h5,8-9,11,15H,6-7,10,12-13H2,1-4H3,(H2,24,26,29). The smallest absolute Gasteiger partial charge is 0.319 e. The van der Waals surface area contributed by atoms with Gasteiger partial charge in [-0.15, -0.1) is 11.3 Å². The third kappa shape index (κ3) is 5.56. The summed E-state index contributed by atoms with van der Waals surface area (Å²) in [5.41, 5.74) is 1.10. The number of amides is 3. The maximum absolute atomic E-state index is 13.2. The molecule has 6 nitrogen and oxygen atoms in total. The number of nitrogens with zero attached hydrogens (tertiary/aromatic N) is 2. The molecule has 2 N–H and O–H groups in total. The van der Waals surface area contributed by atoms with Gasteiger partial charge in [-0.3, -0.25) is 4.79 Å². The van der Waals surface area contributed by atoms with E-state index in [1.807, 2.05) is 11.8 Å². The largest absolute Gasteiger partial charge is 0.338 e. The van der Waals surface area contributed by atoms with Crippen LogP contribution in [0.2, 0.25) is 0 Å². The van der Waals surface area contributed by atoms with Crippen molar-refractivity contribution in [3.8, 4) is 0 Å². The molecule has 1 atom stereocenters. The summed E-state index contributed by atoms with van der Waals surface area (Å²) < 4.78 is 13.2. The molecule has 0 radical (unpaired) electrons. The summed E-state index contributed by atoms with van der Waals surface area (Å²) in [6.07, 6.45) is 1.84. The second kappa shape index (κ2) is 9.12. The molecule has 162 valence electrons. The highest BCUT2D eigenvalue weighted by molar-refractivity contribution is 7.14. The fourth-order valence-electron chi connectivity index (χ4n) is 3.45. The summed E-state index contributed by atoms with van der Waals surface area (Å²) in [7, 11) is 0. The van der Waals surface area contributed by atoms with Crippen LogP contribution in [0.25, 0.3) is 0 Å². The molecule has 3 rings (SSSR count). The Balaban J connectivity index is 1.55. The number of anilines is 1. The minimum absolute atomic E-state index is 0.0226. The van der Waals surface area contributed by atoms with Gasteiger partial charge in [0.15, 0.2) is 0 Å². The number of rotatable bonds is 4. The second-order valence-corrected chi connectivity index (χ2v) is 9.79. The monoisotopic (exact) mass is 432 g/mol. The van der Waals surface area contributed by atoms with Gasteiger partial charge in [0.05, 0.1) is 10.7 Å². The Hall–Kier alpha value is -2.48. The first-order chi connectivity index (χ1) is 14.1. The van der Waals surface area contributed by atoms with Crippen LogP contribution in [0.4, 0.5) is 14.9 Å². The SMILES string of the molecule is Cc1nc(C(C)(C)C)sc1C(=O)N1CCCC(CNC(=O)Nc2cccc(F)c2)C1. The molecule has 2 aromatic rings. The van der Waals surface area contributed by atoms with Crippen molar-refractivity contribution in [2.45, 2.75) is 46.0 Å². The minimum Gasteiger partial charge on any atom is -0.338 e. The van der Waals surface area contributed by atoms with E-state index >= 15 is 0 Å². The zero-order valence-electron chi connectivity index (χ0n) is 17.9. The van der Waals surface area contributed by atoms with Gasteiger partial charge >= 0.3 is 6.03 Å². The summed E-state index contributed by atoms with van der Waals surface area (Å²) in [5.74, 6) is -0.201. The highest BCUT2D eigenvalue weighted by Crippen LogP contribution is 2.30. The number of hydrogen-bond donors (Lipinski definition) is 2. The third-order valence-electron chi connectivity index (χ3n) is 5.07. The Kier molecular flexibility index (Phi) is 6.75. The molecular weight excluding hydrogens is 403 g/mol. The third-order valence-corrected chi connectivity index (χ3v) is 6.64. The average Bonchev–Trinajstić information content (AvgIpc) is 3.08. The zero-order valence-corrected chi connectivity index (χ0v) is 18.7. The maximum atomic E-state index is 13.2. The van der Waals surface area contributed by atoms with E-state index in [0.717, 1.165) is 23.5 Å². The molecule has 1 aliphatic heterocycles. The summed E-state index contributed by atoms with van der Waals surface area (Å²) in [5, 5.41) is 6.43. The van der Waals surface area contributed by atoms with Crippen molar-refractivity contribution >= 4 is 29.0 Å². The fraction of sp³-hybridized carbons (Fsp3) is 0.500. The summed E-state index contributed by atoms with van der Waals surface area (Å²) in [4.78, 5) is 32.4. The van der Waals surface area contributed by atoms with Crippen LogP contribution >= 0.6 is 11.3 Å². The van der Waals surface area contributed by atoms with E-state index in [4.69, 9.17) is 0 Å². The van der Waals surface area contributed by atoms with E-state index in [-0.39, 0.29) is 23.3 Å². The molecule has 0 saturated carbocycles. The number of hydrogen-bond acceptors (Lipinski definition) is 4. The van der Waals surface area contributed by atoms with Gasteiger partial charge in [-0.1, -0.05) is 26.8 Å². The minimum atomic E-state index is -0.401. The van der Waals surface area contributed by atoms with Crippen LogP contribution in [0.3, 0.4) is 0 Å². The number of carbonyl (C=O) groups excluding carboxylic acids is 2. The summed E-state index contributed by atoms with van der Waals surface area (Å²) in [6, 6.07) is 5.39. The van der Waals surface area contributed by atoms with E-state index in [9.17, 15) is 14.0 Å². The number of aromatic nitrogens is 1. The fourth-order valence-corrected chi connectivity index (χ4v) is 4.55. The number of nitrogens with one attached hydrogen (secondary N) is 2. The van der Waals surface area contributed by atoms with E-state index < -0.39 is 5.82 Å². The van der Waals surface area contributed by atoms with Gasteiger partial charge < -0.3 is 15.5 Å². The lowest BCUT2D eigenvalue weighted by Gasteiger charge is -2.32. The van der Waals surface area contributed by atoms with Gasteiger partial charge in [0, 0.05) is 30.7 Å². The van der Waals surface area contributed by atoms with E-state index in [1.54, 1.807) is 12.1 Å². The first kappa shape index (κ1) is 22.2. The van der Waals surface area contributed by atoms with E-state index in [1.165, 1.54) is 23.5 Å². The van der Waals surface area contributed by atoms with Crippen molar-refractivity contribution in [1.82, 2.24) is 15.2 Å². The Labute approximate surface area is 180 Å². The number of halogens is 1. The molecule has 1 aromatic carbocycles. The Bertz CT molecular complexity index is 922. The van der Waals surface area contributed by atoms with Gasteiger partial charge in [0.1, 0.15) is 10.7 Å². The summed E-state index contributed by atoms with van der Waals surface area (Å²) in [6.45, 7) is 9.94. The molecule has 8 heteroatoms. The lowest BCUT2D eigenvalue weighted by molar-refractivity contribution is 0.0679. The first-order valence-electron chi connectivity index (χ1n) is 10.2. The molecule has 30 heavy (non-hydrogen) atoms. The molecule has 0 bridgehead atoms. The first-order valence-corrected chi connectivity index (χ1v) is 11.0. The Morgan fingerprint density at radius 2 is 2.10 bits per heavy atom. The number of likely N-dealkylation sites (tertiary alicyclic amines) is 1. The molecule has 1 fully saturated rings. The van der Waals surface area contributed by atoms with Gasteiger partial charge in [0.2, 0.25) is 0 Å². The number of thiazole rings is 1. The van der Waals surface area contributed by atoms with Crippen LogP contribution in [0.5, 0.6) is 0 Å². The number of piperidine rings is 1. The molecule has 1 unspecified atom stereocenters. The van der Waals surface area contributed by atoms with E-state index in [0.29, 0.717) is 30.2 Å². The average molecular weight is 433 g/mol. The van der Waals surface area contributed by atoms with Crippen molar-refractivity contribution in [1.29, 1.82) is 0 Å². The molecule has 0 aliphatic carbocycles. The Morgan fingerprint density at radius 1 is 1.33 bits per heavy atom. The predicted octanol–water partition coefficient (Wildman–Crippen LogP) is 4.56. The van der Waals surface area contributed by atoms with Crippen LogP contribution in [0.1, 0.15) is 54.0 Å². The predicted molar refractivity (Wildman–Crippen MR) is 118 cm³/mol. The van der Waals surface area contributed by atoms with Crippen molar-refractivity contribution in [3.05, 3.63) is 45.7 Å². The summed E-state index contributed by atoms with van der Waals surface area (Å²) >= 11 is 1.48. The lowest BCUT2D eigenvalue weighted by atomic mass is 9.97. The van der Waals surface area contributed by atoms with Gasteiger partial charge in [-0.05, 0) is 43.9 Å². The van der Waals surface area contributed by atoms with Gasteiger partial charge in [-0.2, -0.15) is 0 Å². The highest BCUT2D eigenvalue weighted by Gasteiger charge is 2.29. The zero-order chi connectivity index (χ0) is 21.9. The molecule has 1 aliphatic rings. The number of benzene rings is 1. The molecule has 2 heterocycles. The highest BCUT2D eigenvalue weighted by atomic mass is 32.1. The molecule has 1 aromatic heterocycles. The molecule has 3 amide bonds. The van der Waals surface area contributed by atoms with Crippen LogP contribution in [-0.4, -0.2) is 41.5 Å². The van der Waals surface area contributed by atoms with E-state index in [2.05, 4.69) is 36.4 Å². The Morgan fingerprint density at radius 3 is 2.77 bits per heavy atom. The maximum Gasteiger partial charge on any atom is 0.319 e. The van der Waals surface area contributed by atoms with Crippen LogP contribution < -0.4 is 10.6 Å². The van der Waals surface area contributed by atoms with Crippen LogP contribution in [-0.2, 0) is 5.41 Å². The van der Waals surface area contributed by atoms with Crippen molar-refractivity contribution < 1.29 is 14.0 Å². The molecule has 0 spiro atoms. The van der Waals surface area contributed by atoms with Crippen molar-refractivity contribution in [3.63, 3.8) is 0 Å². The van der Waals surface area contributed by atoms with Crippen LogP contribution in [0.15, 0.2) is 24.3 Å². The number of urea groups is 1. The second-order valence-electron chi connectivity index (χ2n) is 8.79. The van der Waals surface area contributed by atoms with Crippen LogP contribution in [0, 0.1) is 18.7 Å². The molecule has 1 saturated heterocycles. The quantitative estimate of drug-likeness (QED) is 0.744. The van der Waals surface area contributed by atoms with Gasteiger partial charge in [0.25, 0.3) is 5.91 Å². The number of aryl methyl sites for hydroxylation is 1. The topological polar surface area (TPSA) is 74.3 Å². The van der Waals surface area contributed by atoms with Crippen molar-refractivity contribution in [2.75, 3.05) is 25.0 Å². The van der Waals surface area contributed by atoms with Crippen molar-refractivity contribution in [2.24, 2.45) is 5.92 Å². The normalized spacial score (nSPS) is 17.0. The number of carbonyl (C=O) groups is 2. The molecular formula is C22H29FN4O2S. The van der Waals surface area contributed by atoms with Gasteiger partial charge in [-0.25, -0.2) is 14.2 Å².